The molecule has 1 aromatic carbocycles. The molecule has 4 aromatic rings. The van der Waals surface area contributed by atoms with Gasteiger partial charge in [-0.25, -0.2) is 9.97 Å². The zero-order valence-corrected chi connectivity index (χ0v) is 16.0. The maximum atomic E-state index is 13.3. The first-order valence-corrected chi connectivity index (χ1v) is 9.70. The summed E-state index contributed by atoms with van der Waals surface area (Å²) in [6.07, 6.45) is -1.27. The maximum absolute atomic E-state index is 13.3. The van der Waals surface area contributed by atoms with E-state index in [1.165, 1.54) is 0 Å². The molecule has 0 radical (unpaired) electrons. The molecule has 0 saturated heterocycles. The Morgan fingerprint density at radius 2 is 1.93 bits per heavy atom. The SMILES string of the molecule is FC(F)(F)c1cc2c(NCc3ccc4c(c3)OCO4)nc(-c3cccnc3)nc2s1. The van der Waals surface area contributed by atoms with Crippen molar-refractivity contribution in [3.05, 3.63) is 59.2 Å². The van der Waals surface area contributed by atoms with Crippen LogP contribution in [-0.4, -0.2) is 21.7 Å². The maximum Gasteiger partial charge on any atom is 0.425 e. The van der Waals surface area contributed by atoms with E-state index in [0.29, 0.717) is 52.0 Å². The second-order valence-electron chi connectivity index (χ2n) is 6.51. The van der Waals surface area contributed by atoms with Gasteiger partial charge in [-0.05, 0) is 35.9 Å². The Morgan fingerprint density at radius 3 is 2.73 bits per heavy atom. The van der Waals surface area contributed by atoms with E-state index in [1.807, 2.05) is 12.1 Å². The van der Waals surface area contributed by atoms with Crippen LogP contribution in [0.4, 0.5) is 19.0 Å². The number of anilines is 1. The summed E-state index contributed by atoms with van der Waals surface area (Å²) in [7, 11) is 0. The third-order valence-corrected chi connectivity index (χ3v) is 5.56. The van der Waals surface area contributed by atoms with E-state index < -0.39 is 11.1 Å². The number of thiophene rings is 1. The number of pyridine rings is 1. The van der Waals surface area contributed by atoms with Crippen molar-refractivity contribution in [1.29, 1.82) is 0 Å². The lowest BCUT2D eigenvalue weighted by Crippen LogP contribution is -2.04. The highest BCUT2D eigenvalue weighted by Crippen LogP contribution is 2.40. The molecule has 0 fully saturated rings. The first kappa shape index (κ1) is 18.6. The molecular formula is C20H13F3N4O2S. The highest BCUT2D eigenvalue weighted by atomic mass is 32.1. The van der Waals surface area contributed by atoms with Crippen molar-refractivity contribution in [3.63, 3.8) is 0 Å². The standard InChI is InChI=1S/C20H13F3N4O2S/c21-20(22,23)16-7-13-18(25-8-11-3-4-14-15(6-11)29-10-28-14)26-17(27-19(13)30-16)12-2-1-5-24-9-12/h1-7,9H,8,10H2,(H,25,26,27). The first-order valence-electron chi connectivity index (χ1n) is 8.89. The zero-order valence-electron chi connectivity index (χ0n) is 15.2. The number of halogens is 3. The van der Waals surface area contributed by atoms with Gasteiger partial charge in [-0.2, -0.15) is 13.2 Å². The Bertz CT molecular complexity index is 1230. The summed E-state index contributed by atoms with van der Waals surface area (Å²) in [5, 5.41) is 3.46. The summed E-state index contributed by atoms with van der Waals surface area (Å²) < 4.78 is 50.5. The Labute approximate surface area is 172 Å². The lowest BCUT2D eigenvalue weighted by atomic mass is 10.2. The average molecular weight is 430 g/mol. The van der Waals surface area contributed by atoms with Gasteiger partial charge in [0.15, 0.2) is 17.3 Å². The molecule has 1 aliphatic heterocycles. The zero-order chi connectivity index (χ0) is 20.7. The molecule has 4 heterocycles. The van der Waals surface area contributed by atoms with Crippen LogP contribution in [0.1, 0.15) is 10.4 Å². The van der Waals surface area contributed by atoms with Crippen molar-refractivity contribution in [2.45, 2.75) is 12.7 Å². The third-order valence-electron chi connectivity index (χ3n) is 4.49. The molecule has 0 bridgehead atoms. The number of rotatable bonds is 4. The van der Waals surface area contributed by atoms with Crippen molar-refractivity contribution >= 4 is 27.4 Å². The Balaban J connectivity index is 1.53. The topological polar surface area (TPSA) is 69.2 Å². The number of nitrogens with zero attached hydrogens (tertiary/aromatic N) is 3. The average Bonchev–Trinajstić information content (AvgIpc) is 3.38. The van der Waals surface area contributed by atoms with Gasteiger partial charge < -0.3 is 14.8 Å². The summed E-state index contributed by atoms with van der Waals surface area (Å²) in [5.74, 6) is 1.92. The molecule has 30 heavy (non-hydrogen) atoms. The number of benzene rings is 1. The van der Waals surface area contributed by atoms with Gasteiger partial charge in [-0.1, -0.05) is 6.07 Å². The van der Waals surface area contributed by atoms with Crippen LogP contribution in [-0.2, 0) is 12.7 Å². The van der Waals surface area contributed by atoms with Crippen molar-refractivity contribution in [1.82, 2.24) is 15.0 Å². The fourth-order valence-electron chi connectivity index (χ4n) is 3.06. The Hall–Kier alpha value is -3.40. The largest absolute Gasteiger partial charge is 0.454 e. The van der Waals surface area contributed by atoms with E-state index in [0.717, 1.165) is 11.6 Å². The molecule has 10 heteroatoms. The number of ether oxygens (including phenoxy) is 2. The van der Waals surface area contributed by atoms with Gasteiger partial charge in [0, 0.05) is 24.5 Å². The molecule has 0 amide bonds. The fraction of sp³-hybridized carbons (Fsp3) is 0.150. The van der Waals surface area contributed by atoms with E-state index in [9.17, 15) is 13.2 Å². The predicted molar refractivity (Wildman–Crippen MR) is 106 cm³/mol. The van der Waals surface area contributed by atoms with Crippen LogP contribution in [0, 0.1) is 0 Å². The molecule has 5 rings (SSSR count). The predicted octanol–water partition coefficient (Wildman–Crippen LogP) is 5.11. The van der Waals surface area contributed by atoms with E-state index >= 15 is 0 Å². The van der Waals surface area contributed by atoms with Crippen LogP contribution in [0.15, 0.2) is 48.8 Å². The van der Waals surface area contributed by atoms with Crippen LogP contribution < -0.4 is 14.8 Å². The molecule has 152 valence electrons. The molecule has 1 N–H and O–H groups in total. The van der Waals surface area contributed by atoms with Gasteiger partial charge in [0.05, 0.1) is 5.39 Å². The van der Waals surface area contributed by atoms with Crippen molar-refractivity contribution < 1.29 is 22.6 Å². The van der Waals surface area contributed by atoms with Gasteiger partial charge in [-0.15, -0.1) is 11.3 Å². The van der Waals surface area contributed by atoms with Gasteiger partial charge in [-0.3, -0.25) is 4.98 Å². The second kappa shape index (κ2) is 7.13. The number of fused-ring (bicyclic) bond motifs is 2. The Kier molecular flexibility index (Phi) is 4.43. The summed E-state index contributed by atoms with van der Waals surface area (Å²) in [6, 6.07) is 10.0. The molecule has 0 spiro atoms. The normalized spacial score (nSPS) is 13.0. The molecule has 1 aliphatic rings. The van der Waals surface area contributed by atoms with Gasteiger partial charge in [0.1, 0.15) is 15.5 Å². The lowest BCUT2D eigenvalue weighted by molar-refractivity contribution is -0.134. The van der Waals surface area contributed by atoms with Gasteiger partial charge in [0.25, 0.3) is 0 Å². The summed E-state index contributed by atoms with van der Waals surface area (Å²) >= 11 is 0.592. The lowest BCUT2D eigenvalue weighted by Gasteiger charge is -2.09. The van der Waals surface area contributed by atoms with Crippen molar-refractivity contribution in [3.8, 4) is 22.9 Å². The van der Waals surface area contributed by atoms with Crippen LogP contribution in [0.25, 0.3) is 21.6 Å². The number of alkyl halides is 3. The minimum atomic E-state index is -4.45. The van der Waals surface area contributed by atoms with Crippen LogP contribution in [0.2, 0.25) is 0 Å². The number of aromatic nitrogens is 3. The Morgan fingerprint density at radius 1 is 1.07 bits per heavy atom. The molecule has 0 aliphatic carbocycles. The summed E-state index contributed by atoms with van der Waals surface area (Å²) in [6.45, 7) is 0.509. The molecule has 3 aromatic heterocycles. The van der Waals surface area contributed by atoms with Crippen LogP contribution >= 0.6 is 11.3 Å². The van der Waals surface area contributed by atoms with Gasteiger partial charge in [0.2, 0.25) is 6.79 Å². The molecule has 0 atom stereocenters. The quantitative estimate of drug-likeness (QED) is 0.485. The van der Waals surface area contributed by atoms with Crippen molar-refractivity contribution in [2.24, 2.45) is 0 Å². The minimum Gasteiger partial charge on any atom is -0.454 e. The molecule has 0 unspecified atom stereocenters. The van der Waals surface area contributed by atoms with E-state index in [4.69, 9.17) is 9.47 Å². The first-order chi connectivity index (χ1) is 14.5. The van der Waals surface area contributed by atoms with Crippen molar-refractivity contribution in [2.75, 3.05) is 12.1 Å². The number of hydrogen-bond acceptors (Lipinski definition) is 7. The highest BCUT2D eigenvalue weighted by Gasteiger charge is 2.33. The molecule has 0 saturated carbocycles. The van der Waals surface area contributed by atoms with E-state index in [2.05, 4.69) is 20.3 Å². The third kappa shape index (κ3) is 3.50. The summed E-state index contributed by atoms with van der Waals surface area (Å²) in [5.41, 5.74) is 1.49. The van der Waals surface area contributed by atoms with Gasteiger partial charge >= 0.3 is 6.18 Å². The molecular weight excluding hydrogens is 417 g/mol. The summed E-state index contributed by atoms with van der Waals surface area (Å²) in [4.78, 5) is 12.4. The van der Waals surface area contributed by atoms with Crippen LogP contribution in [0.5, 0.6) is 11.5 Å². The smallest absolute Gasteiger partial charge is 0.425 e. The van der Waals surface area contributed by atoms with Crippen LogP contribution in [0.3, 0.4) is 0 Å². The fourth-order valence-corrected chi connectivity index (χ4v) is 3.96. The van der Waals surface area contributed by atoms with E-state index in [1.54, 1.807) is 30.6 Å². The second-order valence-corrected chi connectivity index (χ2v) is 7.54. The number of hydrogen-bond donors (Lipinski definition) is 1. The highest BCUT2D eigenvalue weighted by molar-refractivity contribution is 7.18. The minimum absolute atomic E-state index is 0.169. The van der Waals surface area contributed by atoms with E-state index in [-0.39, 0.29) is 11.6 Å². The number of nitrogens with one attached hydrogen (secondary N) is 1. The monoisotopic (exact) mass is 430 g/mol. The molecule has 6 nitrogen and oxygen atoms in total.